The maximum Gasteiger partial charge on any atom is 0.323 e. The highest BCUT2D eigenvalue weighted by molar-refractivity contribution is 5.96. The first kappa shape index (κ1) is 15.7. The van der Waals surface area contributed by atoms with Crippen LogP contribution in [-0.4, -0.2) is 49.7 Å². The van der Waals surface area contributed by atoms with E-state index < -0.39 is 5.97 Å². The molecule has 0 spiro atoms. The number of carbonyl (C=O) groups is 2. The molecule has 7 heteroatoms. The minimum atomic E-state index is -1.02. The summed E-state index contributed by atoms with van der Waals surface area (Å²) in [4.78, 5) is 28.7. The zero-order valence-electron chi connectivity index (χ0n) is 12.6. The van der Waals surface area contributed by atoms with Crippen LogP contribution in [0.5, 0.6) is 0 Å². The van der Waals surface area contributed by atoms with Crippen molar-refractivity contribution in [3.05, 3.63) is 36.2 Å². The van der Waals surface area contributed by atoms with Gasteiger partial charge < -0.3 is 10.0 Å². The van der Waals surface area contributed by atoms with Gasteiger partial charge in [-0.05, 0) is 18.6 Å². The molecular formula is C15H18N4O3. The Morgan fingerprint density at radius 3 is 2.45 bits per heavy atom. The fraction of sp³-hybridized carbons (Fsp3) is 0.333. The van der Waals surface area contributed by atoms with Crippen LogP contribution in [-0.2, 0) is 11.8 Å². The molecule has 0 fully saturated rings. The summed E-state index contributed by atoms with van der Waals surface area (Å²) in [6, 6.07) is 6.85. The van der Waals surface area contributed by atoms with Gasteiger partial charge >= 0.3 is 5.97 Å². The zero-order valence-corrected chi connectivity index (χ0v) is 12.6. The largest absolute Gasteiger partial charge is 0.480 e. The number of hydrogen-bond acceptors (Lipinski definition) is 4. The molecule has 0 aliphatic rings. The summed E-state index contributed by atoms with van der Waals surface area (Å²) in [5.74, 6) is -0.724. The van der Waals surface area contributed by atoms with E-state index in [1.807, 2.05) is 6.92 Å². The highest BCUT2D eigenvalue weighted by Gasteiger charge is 2.17. The number of aryl methyl sites for hydroxylation is 1. The molecule has 0 radical (unpaired) electrons. The Morgan fingerprint density at radius 2 is 1.95 bits per heavy atom. The standard InChI is InChI=1S/C15H18N4O3/c1-3-8-19(9-13(20)21)15(22)12-6-4-11(5-7-12)14-16-10-18(2)17-14/h4-7,10H,3,8-9H2,1-2H3,(H,20,21). The quantitative estimate of drug-likeness (QED) is 0.871. The maximum absolute atomic E-state index is 12.3. The van der Waals surface area contributed by atoms with E-state index in [9.17, 15) is 9.59 Å². The van der Waals surface area contributed by atoms with Crippen LogP contribution < -0.4 is 0 Å². The molecule has 0 aliphatic heterocycles. The molecule has 1 amide bonds. The lowest BCUT2D eigenvalue weighted by atomic mass is 10.1. The number of carboxylic acid groups (broad SMARTS) is 1. The van der Waals surface area contributed by atoms with Gasteiger partial charge in [0.05, 0.1) is 0 Å². The van der Waals surface area contributed by atoms with Crippen molar-refractivity contribution < 1.29 is 14.7 Å². The van der Waals surface area contributed by atoms with Gasteiger partial charge in [-0.2, -0.15) is 5.10 Å². The van der Waals surface area contributed by atoms with Crippen LogP contribution >= 0.6 is 0 Å². The lowest BCUT2D eigenvalue weighted by Crippen LogP contribution is -2.36. The number of aromatic nitrogens is 3. The van der Waals surface area contributed by atoms with Crippen LogP contribution in [0.4, 0.5) is 0 Å². The van der Waals surface area contributed by atoms with Crippen LogP contribution in [0, 0.1) is 0 Å². The molecule has 1 aromatic carbocycles. The molecule has 116 valence electrons. The third kappa shape index (κ3) is 3.69. The fourth-order valence-corrected chi connectivity index (χ4v) is 2.10. The molecule has 7 nitrogen and oxygen atoms in total. The SMILES string of the molecule is CCCN(CC(=O)O)C(=O)c1ccc(-c2ncn(C)n2)cc1. The van der Waals surface area contributed by atoms with E-state index in [0.717, 1.165) is 5.56 Å². The Hall–Kier alpha value is -2.70. The van der Waals surface area contributed by atoms with E-state index in [4.69, 9.17) is 5.11 Å². The van der Waals surface area contributed by atoms with Crippen molar-refractivity contribution in [3.8, 4) is 11.4 Å². The number of nitrogens with zero attached hydrogens (tertiary/aromatic N) is 4. The molecule has 0 aliphatic carbocycles. The number of rotatable bonds is 6. The van der Waals surface area contributed by atoms with Crippen LogP contribution in [0.1, 0.15) is 23.7 Å². The number of carbonyl (C=O) groups excluding carboxylic acids is 1. The Bertz CT molecular complexity index is 664. The normalized spacial score (nSPS) is 10.5. The van der Waals surface area contributed by atoms with Gasteiger partial charge in [-0.3, -0.25) is 14.3 Å². The number of hydrogen-bond donors (Lipinski definition) is 1. The van der Waals surface area contributed by atoms with Gasteiger partial charge in [-0.15, -0.1) is 0 Å². The summed E-state index contributed by atoms with van der Waals surface area (Å²) < 4.78 is 1.60. The van der Waals surface area contributed by atoms with Crippen LogP contribution in [0.15, 0.2) is 30.6 Å². The zero-order chi connectivity index (χ0) is 16.1. The highest BCUT2D eigenvalue weighted by Crippen LogP contribution is 2.16. The Balaban J connectivity index is 2.17. The molecule has 22 heavy (non-hydrogen) atoms. The minimum Gasteiger partial charge on any atom is -0.480 e. The van der Waals surface area contributed by atoms with Crippen molar-refractivity contribution in [3.63, 3.8) is 0 Å². The third-order valence-corrected chi connectivity index (χ3v) is 3.10. The van der Waals surface area contributed by atoms with Gasteiger partial charge in [-0.1, -0.05) is 19.1 Å². The lowest BCUT2D eigenvalue weighted by Gasteiger charge is -2.20. The van der Waals surface area contributed by atoms with E-state index in [1.54, 1.807) is 42.3 Å². The molecular weight excluding hydrogens is 284 g/mol. The maximum atomic E-state index is 12.3. The molecule has 0 saturated carbocycles. The summed E-state index contributed by atoms with van der Waals surface area (Å²) in [5.41, 5.74) is 1.26. The summed E-state index contributed by atoms with van der Waals surface area (Å²) >= 11 is 0. The average Bonchev–Trinajstić information content (AvgIpc) is 2.92. The molecule has 1 heterocycles. The van der Waals surface area contributed by atoms with E-state index in [-0.39, 0.29) is 12.5 Å². The first-order chi connectivity index (χ1) is 10.5. The number of aliphatic carboxylic acids is 1. The predicted molar refractivity (Wildman–Crippen MR) is 80.3 cm³/mol. The molecule has 0 saturated heterocycles. The lowest BCUT2D eigenvalue weighted by molar-refractivity contribution is -0.137. The number of benzene rings is 1. The van der Waals surface area contributed by atoms with Crippen LogP contribution in [0.2, 0.25) is 0 Å². The van der Waals surface area contributed by atoms with Crippen LogP contribution in [0.25, 0.3) is 11.4 Å². The third-order valence-electron chi connectivity index (χ3n) is 3.10. The van der Waals surface area contributed by atoms with E-state index in [2.05, 4.69) is 10.1 Å². The molecule has 0 bridgehead atoms. The predicted octanol–water partition coefficient (Wildman–Crippen LogP) is 1.42. The Kier molecular flexibility index (Phi) is 4.88. The molecule has 2 aromatic rings. The second kappa shape index (κ2) is 6.84. The second-order valence-electron chi connectivity index (χ2n) is 4.94. The van der Waals surface area contributed by atoms with E-state index in [1.165, 1.54) is 4.90 Å². The van der Waals surface area contributed by atoms with Gasteiger partial charge in [0, 0.05) is 24.7 Å². The number of amides is 1. The first-order valence-corrected chi connectivity index (χ1v) is 6.98. The summed E-state index contributed by atoms with van der Waals surface area (Å²) in [5, 5.41) is 13.1. The van der Waals surface area contributed by atoms with Crippen molar-refractivity contribution in [2.75, 3.05) is 13.1 Å². The van der Waals surface area contributed by atoms with Crippen molar-refractivity contribution in [2.45, 2.75) is 13.3 Å². The average molecular weight is 302 g/mol. The summed E-state index contributed by atoms with van der Waals surface area (Å²) in [6.07, 6.45) is 2.30. The van der Waals surface area contributed by atoms with Gasteiger partial charge in [-0.25, -0.2) is 4.98 Å². The number of carboxylic acids is 1. The van der Waals surface area contributed by atoms with Crippen LogP contribution in [0.3, 0.4) is 0 Å². The van der Waals surface area contributed by atoms with Gasteiger partial charge in [0.25, 0.3) is 5.91 Å². The van der Waals surface area contributed by atoms with Crippen molar-refractivity contribution in [2.24, 2.45) is 7.05 Å². The fourth-order valence-electron chi connectivity index (χ4n) is 2.10. The van der Waals surface area contributed by atoms with Gasteiger partial charge in [0.15, 0.2) is 5.82 Å². The molecule has 2 rings (SSSR count). The molecule has 1 aromatic heterocycles. The van der Waals surface area contributed by atoms with Gasteiger partial charge in [0.2, 0.25) is 0 Å². The minimum absolute atomic E-state index is 0.287. The van der Waals surface area contributed by atoms with Crippen molar-refractivity contribution >= 4 is 11.9 Å². The smallest absolute Gasteiger partial charge is 0.323 e. The molecule has 0 atom stereocenters. The van der Waals surface area contributed by atoms with E-state index >= 15 is 0 Å². The molecule has 1 N–H and O–H groups in total. The first-order valence-electron chi connectivity index (χ1n) is 6.98. The monoisotopic (exact) mass is 302 g/mol. The molecule has 0 unspecified atom stereocenters. The van der Waals surface area contributed by atoms with E-state index in [0.29, 0.717) is 24.4 Å². The Labute approximate surface area is 128 Å². The topological polar surface area (TPSA) is 88.3 Å². The summed E-state index contributed by atoms with van der Waals surface area (Å²) in [6.45, 7) is 2.02. The van der Waals surface area contributed by atoms with Gasteiger partial charge in [0.1, 0.15) is 12.9 Å². The Morgan fingerprint density at radius 1 is 1.27 bits per heavy atom. The van der Waals surface area contributed by atoms with Crippen molar-refractivity contribution in [1.29, 1.82) is 0 Å². The highest BCUT2D eigenvalue weighted by atomic mass is 16.4. The summed E-state index contributed by atoms with van der Waals surface area (Å²) in [7, 11) is 1.78. The second-order valence-corrected chi connectivity index (χ2v) is 4.94. The van der Waals surface area contributed by atoms with Crippen molar-refractivity contribution in [1.82, 2.24) is 19.7 Å².